The van der Waals surface area contributed by atoms with Gasteiger partial charge >= 0.3 is 0 Å². The summed E-state index contributed by atoms with van der Waals surface area (Å²) in [7, 11) is 1.81. The minimum atomic E-state index is -0.825. The normalized spacial score (nSPS) is 35.1. The molecule has 0 saturated heterocycles. The maximum Gasteiger partial charge on any atom is 0.228 e. The molecule has 1 amide bonds. The predicted molar refractivity (Wildman–Crippen MR) is 58.3 cm³/mol. The zero-order chi connectivity index (χ0) is 11.4. The number of amides is 1. The van der Waals surface area contributed by atoms with Crippen LogP contribution in [-0.2, 0) is 4.79 Å². The Morgan fingerprint density at radius 1 is 1.47 bits per heavy atom. The van der Waals surface area contributed by atoms with Crippen molar-refractivity contribution in [2.45, 2.75) is 51.7 Å². The van der Waals surface area contributed by atoms with E-state index in [9.17, 15) is 9.90 Å². The second-order valence-corrected chi connectivity index (χ2v) is 6.00. The van der Waals surface area contributed by atoms with Crippen molar-refractivity contribution < 1.29 is 9.90 Å². The molecule has 15 heavy (non-hydrogen) atoms. The molecule has 3 aliphatic carbocycles. The van der Waals surface area contributed by atoms with Crippen molar-refractivity contribution in [2.75, 3.05) is 7.05 Å². The fraction of sp³-hybridized carbons (Fsp3) is 0.917. The molecule has 0 heterocycles. The van der Waals surface area contributed by atoms with Gasteiger partial charge in [0.15, 0.2) is 0 Å². The van der Waals surface area contributed by atoms with Gasteiger partial charge in [-0.2, -0.15) is 0 Å². The second kappa shape index (κ2) is 2.97. The lowest BCUT2D eigenvalue weighted by Gasteiger charge is -2.61. The number of hydrogen-bond donors (Lipinski definition) is 1. The minimum absolute atomic E-state index is 0.0288. The summed E-state index contributed by atoms with van der Waals surface area (Å²) in [5.41, 5.74) is -0.854. The molecule has 0 spiro atoms. The van der Waals surface area contributed by atoms with Crippen molar-refractivity contribution in [2.24, 2.45) is 11.3 Å². The van der Waals surface area contributed by atoms with Crippen LogP contribution < -0.4 is 0 Å². The van der Waals surface area contributed by atoms with Crippen molar-refractivity contribution in [1.82, 2.24) is 4.90 Å². The molecular weight excluding hydrogens is 190 g/mol. The summed E-state index contributed by atoms with van der Waals surface area (Å²) < 4.78 is 0. The zero-order valence-corrected chi connectivity index (χ0v) is 10.1. The van der Waals surface area contributed by atoms with Crippen molar-refractivity contribution in [3.05, 3.63) is 0 Å². The standard InChI is InChI=1S/C12H21NO2/c1-8(11(2,3)15)13(4)10(14)12-5-9(6-12)7-12/h8-9,15H,5-7H2,1-4H3. The molecule has 86 valence electrons. The highest BCUT2D eigenvalue weighted by Crippen LogP contribution is 2.65. The number of nitrogens with zero attached hydrogens (tertiary/aromatic N) is 1. The molecule has 3 heteroatoms. The maximum absolute atomic E-state index is 12.2. The van der Waals surface area contributed by atoms with E-state index in [2.05, 4.69) is 0 Å². The summed E-state index contributed by atoms with van der Waals surface area (Å²) in [6, 6.07) is -0.126. The van der Waals surface area contributed by atoms with E-state index in [1.54, 1.807) is 18.7 Å². The van der Waals surface area contributed by atoms with Gasteiger partial charge in [0.05, 0.1) is 17.1 Å². The third kappa shape index (κ3) is 1.48. The molecule has 0 aromatic heterocycles. The van der Waals surface area contributed by atoms with Crippen LogP contribution in [0.3, 0.4) is 0 Å². The van der Waals surface area contributed by atoms with Gasteiger partial charge in [-0.15, -0.1) is 0 Å². The van der Waals surface area contributed by atoms with Gasteiger partial charge in [0.25, 0.3) is 0 Å². The van der Waals surface area contributed by atoms with Crippen LogP contribution in [0.25, 0.3) is 0 Å². The van der Waals surface area contributed by atoms with Crippen LogP contribution >= 0.6 is 0 Å². The summed E-state index contributed by atoms with van der Waals surface area (Å²) in [4.78, 5) is 13.9. The van der Waals surface area contributed by atoms with Crippen LogP contribution in [0.1, 0.15) is 40.0 Å². The SMILES string of the molecule is CC(N(C)C(=O)C12CC(C1)C2)C(C)(C)O. The van der Waals surface area contributed by atoms with Crippen molar-refractivity contribution >= 4 is 5.91 Å². The molecule has 1 unspecified atom stereocenters. The number of hydrogen-bond acceptors (Lipinski definition) is 2. The van der Waals surface area contributed by atoms with Crippen molar-refractivity contribution in [3.8, 4) is 0 Å². The first kappa shape index (κ1) is 10.9. The van der Waals surface area contributed by atoms with E-state index >= 15 is 0 Å². The van der Waals surface area contributed by atoms with Gasteiger partial charge in [-0.05, 0) is 46.0 Å². The molecule has 0 aliphatic heterocycles. The highest BCUT2D eigenvalue weighted by molar-refractivity contribution is 5.85. The number of likely N-dealkylation sites (N-methyl/N-ethyl adjacent to an activating group) is 1. The van der Waals surface area contributed by atoms with Gasteiger partial charge in [0.2, 0.25) is 5.91 Å². The third-order valence-corrected chi connectivity index (χ3v) is 4.42. The van der Waals surface area contributed by atoms with Crippen molar-refractivity contribution in [1.29, 1.82) is 0 Å². The van der Waals surface area contributed by atoms with Gasteiger partial charge in [-0.1, -0.05) is 0 Å². The van der Waals surface area contributed by atoms with Crippen LogP contribution in [0.4, 0.5) is 0 Å². The van der Waals surface area contributed by atoms with Crippen LogP contribution in [0.15, 0.2) is 0 Å². The Hall–Kier alpha value is -0.570. The number of rotatable bonds is 3. The molecule has 3 fully saturated rings. The van der Waals surface area contributed by atoms with E-state index in [-0.39, 0.29) is 17.4 Å². The van der Waals surface area contributed by atoms with Crippen molar-refractivity contribution in [3.63, 3.8) is 0 Å². The highest BCUT2D eigenvalue weighted by Gasteiger charge is 2.62. The Labute approximate surface area is 91.5 Å². The van der Waals surface area contributed by atoms with Crippen LogP contribution in [0.5, 0.6) is 0 Å². The average Bonchev–Trinajstić information content (AvgIpc) is 1.93. The van der Waals surface area contributed by atoms with E-state index in [0.29, 0.717) is 0 Å². The van der Waals surface area contributed by atoms with Crippen LogP contribution in [-0.4, -0.2) is 34.6 Å². The van der Waals surface area contributed by atoms with E-state index in [4.69, 9.17) is 0 Å². The lowest BCUT2D eigenvalue weighted by Crippen LogP contribution is -2.63. The largest absolute Gasteiger partial charge is 0.388 e. The summed E-state index contributed by atoms with van der Waals surface area (Å²) in [5.74, 6) is 1.06. The molecule has 3 saturated carbocycles. The molecule has 3 nitrogen and oxygen atoms in total. The number of carbonyl (C=O) groups excluding carboxylic acids is 1. The third-order valence-electron chi connectivity index (χ3n) is 4.42. The molecule has 3 aliphatic rings. The zero-order valence-electron chi connectivity index (χ0n) is 10.1. The fourth-order valence-corrected chi connectivity index (χ4v) is 2.76. The minimum Gasteiger partial charge on any atom is -0.388 e. The Kier molecular flexibility index (Phi) is 2.16. The Morgan fingerprint density at radius 2 is 1.93 bits per heavy atom. The number of carbonyl (C=O) groups is 1. The summed E-state index contributed by atoms with van der Waals surface area (Å²) >= 11 is 0. The van der Waals surface area contributed by atoms with E-state index in [1.807, 2.05) is 14.0 Å². The van der Waals surface area contributed by atoms with E-state index in [0.717, 1.165) is 25.2 Å². The smallest absolute Gasteiger partial charge is 0.228 e. The van der Waals surface area contributed by atoms with Gasteiger partial charge in [0, 0.05) is 7.05 Å². The van der Waals surface area contributed by atoms with E-state index in [1.165, 1.54) is 0 Å². The lowest BCUT2D eigenvalue weighted by atomic mass is 9.44. The van der Waals surface area contributed by atoms with Gasteiger partial charge in [0.1, 0.15) is 0 Å². The monoisotopic (exact) mass is 211 g/mol. The molecule has 2 bridgehead atoms. The summed E-state index contributed by atoms with van der Waals surface area (Å²) in [6.45, 7) is 5.41. The Balaban J connectivity index is 2.01. The fourth-order valence-electron chi connectivity index (χ4n) is 2.76. The molecule has 1 N–H and O–H groups in total. The first-order chi connectivity index (χ1) is 6.76. The van der Waals surface area contributed by atoms with Crippen LogP contribution in [0, 0.1) is 11.3 Å². The predicted octanol–water partition coefficient (Wildman–Crippen LogP) is 1.40. The topological polar surface area (TPSA) is 40.5 Å². The first-order valence-electron chi connectivity index (χ1n) is 5.76. The number of aliphatic hydroxyl groups is 1. The van der Waals surface area contributed by atoms with Crippen LogP contribution in [0.2, 0.25) is 0 Å². The molecule has 3 rings (SSSR count). The van der Waals surface area contributed by atoms with Gasteiger partial charge < -0.3 is 10.0 Å². The molecule has 0 aromatic carbocycles. The quantitative estimate of drug-likeness (QED) is 0.766. The molecule has 0 aromatic rings. The molecule has 1 atom stereocenters. The average molecular weight is 211 g/mol. The second-order valence-electron chi connectivity index (χ2n) is 6.00. The van der Waals surface area contributed by atoms with E-state index < -0.39 is 5.60 Å². The molecular formula is C12H21NO2. The first-order valence-corrected chi connectivity index (χ1v) is 5.76. The summed E-state index contributed by atoms with van der Waals surface area (Å²) in [5, 5.41) is 9.88. The highest BCUT2D eigenvalue weighted by atomic mass is 16.3. The van der Waals surface area contributed by atoms with Gasteiger partial charge in [-0.25, -0.2) is 0 Å². The Bertz CT molecular complexity index is 275. The lowest BCUT2D eigenvalue weighted by molar-refractivity contribution is -0.181. The van der Waals surface area contributed by atoms with Gasteiger partial charge in [-0.3, -0.25) is 4.79 Å². The molecule has 0 radical (unpaired) electrons. The summed E-state index contributed by atoms with van der Waals surface area (Å²) in [6.07, 6.45) is 3.23. The maximum atomic E-state index is 12.2. The Morgan fingerprint density at radius 3 is 2.20 bits per heavy atom.